The summed E-state index contributed by atoms with van der Waals surface area (Å²) < 4.78 is 5.39. The number of ketones is 1. The van der Waals surface area contributed by atoms with Crippen LogP contribution < -0.4 is 9.64 Å². The number of carbonyl (C=O) groups is 2. The molecule has 0 aromatic heterocycles. The van der Waals surface area contributed by atoms with Gasteiger partial charge in [-0.3, -0.25) is 9.59 Å². The molecule has 0 bridgehead atoms. The third-order valence-electron chi connectivity index (χ3n) is 2.97. The zero-order valence-electron chi connectivity index (χ0n) is 8.73. The fourth-order valence-corrected chi connectivity index (χ4v) is 2.16. The molecule has 1 amide bonds. The number of Topliss-reactive ketones (excluding diaryl/α,β-unsaturated/α-hetero) is 1. The van der Waals surface area contributed by atoms with Crippen molar-refractivity contribution in [3.05, 3.63) is 23.8 Å². The first kappa shape index (κ1) is 9.39. The Balaban J connectivity index is 1.95. The van der Waals surface area contributed by atoms with Crippen LogP contribution in [-0.2, 0) is 16.0 Å². The van der Waals surface area contributed by atoms with Crippen molar-refractivity contribution in [2.24, 2.45) is 0 Å². The Morgan fingerprint density at radius 3 is 2.88 bits per heavy atom. The Bertz CT molecular complexity index is 481. The second kappa shape index (κ2) is 3.33. The average molecular weight is 217 g/mol. The molecule has 1 aromatic rings. The molecule has 3 rings (SSSR count). The number of benzene rings is 1. The van der Waals surface area contributed by atoms with E-state index < -0.39 is 0 Å². The highest BCUT2D eigenvalue weighted by Gasteiger charge is 2.29. The lowest BCUT2D eigenvalue weighted by molar-refractivity contribution is -0.121. The van der Waals surface area contributed by atoms with Gasteiger partial charge in [0.2, 0.25) is 5.91 Å². The number of nitrogens with zero attached hydrogens (tertiary/aromatic N) is 1. The van der Waals surface area contributed by atoms with Gasteiger partial charge >= 0.3 is 0 Å². The van der Waals surface area contributed by atoms with E-state index in [-0.39, 0.29) is 24.7 Å². The van der Waals surface area contributed by atoms with Crippen molar-refractivity contribution >= 4 is 17.4 Å². The molecule has 0 spiro atoms. The van der Waals surface area contributed by atoms with Gasteiger partial charge in [-0.15, -0.1) is 0 Å². The zero-order chi connectivity index (χ0) is 11.1. The summed E-state index contributed by atoms with van der Waals surface area (Å²) in [7, 11) is 0. The van der Waals surface area contributed by atoms with Gasteiger partial charge in [-0.2, -0.15) is 0 Å². The summed E-state index contributed by atoms with van der Waals surface area (Å²) in [5.74, 6) is 0.771. The Morgan fingerprint density at radius 1 is 1.25 bits per heavy atom. The first-order chi connectivity index (χ1) is 7.74. The topological polar surface area (TPSA) is 46.6 Å². The van der Waals surface area contributed by atoms with E-state index in [2.05, 4.69) is 0 Å². The average Bonchev–Trinajstić information content (AvgIpc) is 2.83. The first-order valence-electron chi connectivity index (χ1n) is 5.32. The number of hydrogen-bond acceptors (Lipinski definition) is 3. The van der Waals surface area contributed by atoms with Crippen molar-refractivity contribution in [2.45, 2.75) is 12.8 Å². The van der Waals surface area contributed by atoms with Gasteiger partial charge < -0.3 is 9.64 Å². The summed E-state index contributed by atoms with van der Waals surface area (Å²) >= 11 is 0. The van der Waals surface area contributed by atoms with Gasteiger partial charge in [-0.05, 0) is 23.8 Å². The van der Waals surface area contributed by atoms with Gasteiger partial charge in [0.1, 0.15) is 5.75 Å². The van der Waals surface area contributed by atoms with Crippen LogP contribution in [0.5, 0.6) is 5.75 Å². The van der Waals surface area contributed by atoms with Crippen molar-refractivity contribution in [1.29, 1.82) is 0 Å². The van der Waals surface area contributed by atoms with Crippen LogP contribution in [0.25, 0.3) is 0 Å². The highest BCUT2D eigenvalue weighted by molar-refractivity contribution is 6.15. The summed E-state index contributed by atoms with van der Waals surface area (Å²) in [6.45, 7) is 0.907. The van der Waals surface area contributed by atoms with E-state index in [4.69, 9.17) is 4.74 Å². The van der Waals surface area contributed by atoms with Gasteiger partial charge in [-0.25, -0.2) is 0 Å². The van der Waals surface area contributed by atoms with E-state index >= 15 is 0 Å². The molecule has 1 fully saturated rings. The molecule has 0 aliphatic carbocycles. The fraction of sp³-hybridized carbons (Fsp3) is 0.333. The van der Waals surface area contributed by atoms with E-state index in [0.717, 1.165) is 23.4 Å². The molecule has 0 N–H and O–H groups in total. The minimum atomic E-state index is -0.108. The van der Waals surface area contributed by atoms with Crippen LogP contribution in [0, 0.1) is 0 Å². The lowest BCUT2D eigenvalue weighted by atomic mass is 10.1. The Labute approximate surface area is 92.8 Å². The second-order valence-corrected chi connectivity index (χ2v) is 4.09. The second-order valence-electron chi connectivity index (χ2n) is 4.09. The Morgan fingerprint density at radius 2 is 2.12 bits per heavy atom. The van der Waals surface area contributed by atoms with Crippen LogP contribution in [0.3, 0.4) is 0 Å². The molecule has 2 heterocycles. The largest absolute Gasteiger partial charge is 0.493 e. The lowest BCUT2D eigenvalue weighted by Crippen LogP contribution is -2.24. The molecule has 0 atom stereocenters. The molecule has 1 saturated heterocycles. The van der Waals surface area contributed by atoms with Crippen LogP contribution in [0.4, 0.5) is 5.69 Å². The number of anilines is 1. The van der Waals surface area contributed by atoms with Crippen LogP contribution >= 0.6 is 0 Å². The van der Waals surface area contributed by atoms with Crippen LogP contribution in [0.15, 0.2) is 18.2 Å². The maximum Gasteiger partial charge on any atom is 0.234 e. The molecule has 4 heteroatoms. The predicted molar refractivity (Wildman–Crippen MR) is 57.6 cm³/mol. The van der Waals surface area contributed by atoms with Gasteiger partial charge in [0.05, 0.1) is 19.6 Å². The monoisotopic (exact) mass is 217 g/mol. The number of fused-ring (bicyclic) bond motifs is 1. The van der Waals surface area contributed by atoms with Crippen LogP contribution in [0.2, 0.25) is 0 Å². The molecule has 0 unspecified atom stereocenters. The number of rotatable bonds is 1. The minimum Gasteiger partial charge on any atom is -0.493 e. The summed E-state index contributed by atoms with van der Waals surface area (Å²) in [6.07, 6.45) is 0.909. The van der Waals surface area contributed by atoms with Crippen molar-refractivity contribution in [2.75, 3.05) is 18.1 Å². The predicted octanol–water partition coefficient (Wildman–Crippen LogP) is 0.927. The maximum atomic E-state index is 11.6. The molecule has 4 nitrogen and oxygen atoms in total. The van der Waals surface area contributed by atoms with E-state index in [1.807, 2.05) is 18.2 Å². The molecule has 82 valence electrons. The minimum absolute atomic E-state index is 0.0123. The van der Waals surface area contributed by atoms with E-state index in [9.17, 15) is 9.59 Å². The van der Waals surface area contributed by atoms with Gasteiger partial charge in [-0.1, -0.05) is 0 Å². The number of hydrogen-bond donors (Lipinski definition) is 0. The van der Waals surface area contributed by atoms with Crippen LogP contribution in [0.1, 0.15) is 12.0 Å². The molecule has 2 aliphatic rings. The summed E-state index contributed by atoms with van der Waals surface area (Å²) in [4.78, 5) is 24.3. The molecule has 0 saturated carbocycles. The summed E-state index contributed by atoms with van der Waals surface area (Å²) in [5.41, 5.74) is 1.92. The normalized spacial score (nSPS) is 18.9. The van der Waals surface area contributed by atoms with Crippen molar-refractivity contribution < 1.29 is 14.3 Å². The highest BCUT2D eigenvalue weighted by Crippen LogP contribution is 2.30. The van der Waals surface area contributed by atoms with Gasteiger partial charge in [0.25, 0.3) is 0 Å². The quantitative estimate of drug-likeness (QED) is 0.657. The third-order valence-corrected chi connectivity index (χ3v) is 2.97. The Kier molecular flexibility index (Phi) is 1.96. The van der Waals surface area contributed by atoms with Crippen molar-refractivity contribution in [3.63, 3.8) is 0 Å². The molecule has 16 heavy (non-hydrogen) atoms. The highest BCUT2D eigenvalue weighted by atomic mass is 16.5. The van der Waals surface area contributed by atoms with E-state index in [0.29, 0.717) is 6.61 Å². The third kappa shape index (κ3) is 1.38. The summed E-state index contributed by atoms with van der Waals surface area (Å²) in [6, 6.07) is 5.65. The fourth-order valence-electron chi connectivity index (χ4n) is 2.16. The van der Waals surface area contributed by atoms with Crippen LogP contribution in [-0.4, -0.2) is 24.8 Å². The van der Waals surface area contributed by atoms with Gasteiger partial charge in [0, 0.05) is 12.1 Å². The molecule has 1 aromatic carbocycles. The zero-order valence-corrected chi connectivity index (χ0v) is 8.73. The smallest absolute Gasteiger partial charge is 0.234 e. The molecule has 2 aliphatic heterocycles. The SMILES string of the molecule is O=C1CC(=O)N(c2ccc3c(c2)CCO3)C1. The number of ether oxygens (including phenoxy) is 1. The Hall–Kier alpha value is -1.84. The molecular formula is C12H11NO3. The van der Waals surface area contributed by atoms with Gasteiger partial charge in [0.15, 0.2) is 5.78 Å². The van der Waals surface area contributed by atoms with Crippen molar-refractivity contribution in [3.8, 4) is 5.75 Å². The van der Waals surface area contributed by atoms with E-state index in [1.165, 1.54) is 0 Å². The first-order valence-corrected chi connectivity index (χ1v) is 5.32. The lowest BCUT2D eigenvalue weighted by Gasteiger charge is -2.15. The maximum absolute atomic E-state index is 11.6. The molecule has 0 radical (unpaired) electrons. The standard InChI is InChI=1S/C12H11NO3/c14-10-6-12(15)13(7-10)9-1-2-11-8(5-9)3-4-16-11/h1-2,5H,3-4,6-7H2. The molecular weight excluding hydrogens is 206 g/mol. The van der Waals surface area contributed by atoms with E-state index in [1.54, 1.807) is 4.90 Å². The van der Waals surface area contributed by atoms with Crippen molar-refractivity contribution in [1.82, 2.24) is 0 Å². The number of amides is 1. The summed E-state index contributed by atoms with van der Waals surface area (Å²) in [5, 5.41) is 0. The number of carbonyl (C=O) groups excluding carboxylic acids is 2.